The molecule has 114 valence electrons. The molecule has 2 atom stereocenters. The molecule has 0 saturated carbocycles. The lowest BCUT2D eigenvalue weighted by molar-refractivity contribution is 0.0830. The Morgan fingerprint density at radius 1 is 1.20 bits per heavy atom. The molecule has 0 aliphatic rings. The second kappa shape index (κ2) is 9.03. The van der Waals surface area contributed by atoms with Gasteiger partial charge < -0.3 is 10.5 Å². The van der Waals surface area contributed by atoms with Crippen LogP contribution in [-0.4, -0.2) is 13.2 Å². The molecule has 20 heavy (non-hydrogen) atoms. The summed E-state index contributed by atoms with van der Waals surface area (Å²) in [4.78, 5) is 0. The molecule has 0 fully saturated rings. The summed E-state index contributed by atoms with van der Waals surface area (Å²) in [5.41, 5.74) is 6.03. The molecule has 2 nitrogen and oxygen atoms in total. The Morgan fingerprint density at radius 3 is 2.60 bits per heavy atom. The Morgan fingerprint density at radius 2 is 1.95 bits per heavy atom. The van der Waals surface area contributed by atoms with Gasteiger partial charge in [-0.2, -0.15) is 0 Å². The molecule has 0 amide bonds. The van der Waals surface area contributed by atoms with Crippen molar-refractivity contribution in [3.8, 4) is 0 Å². The summed E-state index contributed by atoms with van der Waals surface area (Å²) in [6.07, 6.45) is 4.55. The van der Waals surface area contributed by atoms with E-state index in [0.29, 0.717) is 12.5 Å². The molecule has 0 heterocycles. The molecule has 1 aromatic carbocycles. The summed E-state index contributed by atoms with van der Waals surface area (Å²) in [7, 11) is 0. The standard InChI is InChI=1S/C16H25F2NO/c1-3-5-7-12(4-2)10-20-11-15(19)13-8-6-9-14(17)16(13)18/h6,8-9,12,15H,3-5,7,10-11,19H2,1-2H3. The van der Waals surface area contributed by atoms with Crippen LogP contribution in [-0.2, 0) is 4.74 Å². The maximum absolute atomic E-state index is 13.6. The van der Waals surface area contributed by atoms with E-state index in [9.17, 15) is 8.78 Å². The molecule has 0 saturated heterocycles. The smallest absolute Gasteiger partial charge is 0.163 e. The Labute approximate surface area is 120 Å². The van der Waals surface area contributed by atoms with Crippen LogP contribution in [0.15, 0.2) is 18.2 Å². The van der Waals surface area contributed by atoms with Crippen LogP contribution >= 0.6 is 0 Å². The second-order valence-corrected chi connectivity index (χ2v) is 5.20. The zero-order valence-corrected chi connectivity index (χ0v) is 12.4. The average molecular weight is 285 g/mol. The minimum absolute atomic E-state index is 0.173. The van der Waals surface area contributed by atoms with E-state index in [4.69, 9.17) is 10.5 Å². The molecule has 2 unspecified atom stereocenters. The van der Waals surface area contributed by atoms with Gasteiger partial charge in [-0.15, -0.1) is 0 Å². The highest BCUT2D eigenvalue weighted by molar-refractivity contribution is 5.22. The molecule has 4 heteroatoms. The lowest BCUT2D eigenvalue weighted by atomic mass is 10.0. The highest BCUT2D eigenvalue weighted by atomic mass is 19.2. The minimum Gasteiger partial charge on any atom is -0.379 e. The van der Waals surface area contributed by atoms with Crippen LogP contribution in [0.4, 0.5) is 8.78 Å². The zero-order valence-electron chi connectivity index (χ0n) is 12.4. The van der Waals surface area contributed by atoms with Crippen molar-refractivity contribution in [2.75, 3.05) is 13.2 Å². The number of unbranched alkanes of at least 4 members (excludes halogenated alkanes) is 1. The maximum atomic E-state index is 13.6. The molecule has 0 aromatic heterocycles. The predicted molar refractivity (Wildman–Crippen MR) is 77.4 cm³/mol. The van der Waals surface area contributed by atoms with E-state index >= 15 is 0 Å². The third kappa shape index (κ3) is 5.17. The molecule has 0 radical (unpaired) electrons. The highest BCUT2D eigenvalue weighted by Crippen LogP contribution is 2.19. The summed E-state index contributed by atoms with van der Waals surface area (Å²) >= 11 is 0. The van der Waals surface area contributed by atoms with Crippen LogP contribution in [0, 0.1) is 17.6 Å². The van der Waals surface area contributed by atoms with Gasteiger partial charge in [-0.25, -0.2) is 8.78 Å². The number of benzene rings is 1. The highest BCUT2D eigenvalue weighted by Gasteiger charge is 2.15. The predicted octanol–water partition coefficient (Wildman–Crippen LogP) is 4.20. The van der Waals surface area contributed by atoms with E-state index in [0.717, 1.165) is 18.9 Å². The first-order chi connectivity index (χ1) is 9.60. The third-order valence-corrected chi connectivity index (χ3v) is 3.58. The number of hydrogen-bond acceptors (Lipinski definition) is 2. The van der Waals surface area contributed by atoms with Crippen molar-refractivity contribution in [1.29, 1.82) is 0 Å². The molecular formula is C16H25F2NO. The van der Waals surface area contributed by atoms with Crippen LogP contribution in [0.5, 0.6) is 0 Å². The van der Waals surface area contributed by atoms with Crippen molar-refractivity contribution in [3.05, 3.63) is 35.4 Å². The Hall–Kier alpha value is -1.00. The quantitative estimate of drug-likeness (QED) is 0.738. The molecule has 1 rings (SSSR count). The van der Waals surface area contributed by atoms with Gasteiger partial charge in [0.1, 0.15) is 0 Å². The lowest BCUT2D eigenvalue weighted by Crippen LogP contribution is -2.21. The molecular weight excluding hydrogens is 260 g/mol. The second-order valence-electron chi connectivity index (χ2n) is 5.20. The van der Waals surface area contributed by atoms with Gasteiger partial charge >= 0.3 is 0 Å². The normalized spacial score (nSPS) is 14.2. The van der Waals surface area contributed by atoms with Crippen molar-refractivity contribution < 1.29 is 13.5 Å². The summed E-state index contributed by atoms with van der Waals surface area (Å²) in [6, 6.07) is 3.42. The third-order valence-electron chi connectivity index (χ3n) is 3.58. The first kappa shape index (κ1) is 17.1. The van der Waals surface area contributed by atoms with Crippen molar-refractivity contribution in [1.82, 2.24) is 0 Å². The largest absolute Gasteiger partial charge is 0.379 e. The molecule has 2 N–H and O–H groups in total. The molecule has 0 aliphatic heterocycles. The van der Waals surface area contributed by atoms with E-state index in [1.807, 2.05) is 0 Å². The number of hydrogen-bond donors (Lipinski definition) is 1. The zero-order chi connectivity index (χ0) is 15.0. The fourth-order valence-electron chi connectivity index (χ4n) is 2.16. The van der Waals surface area contributed by atoms with Crippen LogP contribution in [0.1, 0.15) is 51.1 Å². The SMILES string of the molecule is CCCCC(CC)COCC(N)c1cccc(F)c1F. The fourth-order valence-corrected chi connectivity index (χ4v) is 2.16. The summed E-state index contributed by atoms with van der Waals surface area (Å²) in [5, 5.41) is 0. The van der Waals surface area contributed by atoms with Gasteiger partial charge in [0.15, 0.2) is 11.6 Å². The lowest BCUT2D eigenvalue weighted by Gasteiger charge is -2.18. The van der Waals surface area contributed by atoms with E-state index in [2.05, 4.69) is 13.8 Å². The topological polar surface area (TPSA) is 35.2 Å². The maximum Gasteiger partial charge on any atom is 0.163 e. The molecule has 0 bridgehead atoms. The minimum atomic E-state index is -0.873. The van der Waals surface area contributed by atoms with Gasteiger partial charge in [-0.1, -0.05) is 45.2 Å². The van der Waals surface area contributed by atoms with Gasteiger partial charge in [-0.3, -0.25) is 0 Å². The number of halogens is 2. The van der Waals surface area contributed by atoms with Crippen molar-refractivity contribution >= 4 is 0 Å². The fraction of sp³-hybridized carbons (Fsp3) is 0.625. The van der Waals surface area contributed by atoms with Crippen LogP contribution in [0.3, 0.4) is 0 Å². The van der Waals surface area contributed by atoms with Crippen LogP contribution in [0.25, 0.3) is 0 Å². The Balaban J connectivity index is 2.42. The van der Waals surface area contributed by atoms with E-state index in [1.165, 1.54) is 25.0 Å². The first-order valence-electron chi connectivity index (χ1n) is 7.37. The van der Waals surface area contributed by atoms with Gasteiger partial charge in [0.25, 0.3) is 0 Å². The van der Waals surface area contributed by atoms with Gasteiger partial charge in [0.05, 0.1) is 12.6 Å². The average Bonchev–Trinajstić information content (AvgIpc) is 2.45. The van der Waals surface area contributed by atoms with Crippen LogP contribution < -0.4 is 5.73 Å². The number of ether oxygens (including phenoxy) is 1. The molecule has 0 spiro atoms. The van der Waals surface area contributed by atoms with Crippen molar-refractivity contribution in [2.24, 2.45) is 11.7 Å². The van der Waals surface area contributed by atoms with Crippen molar-refractivity contribution in [3.63, 3.8) is 0 Å². The van der Waals surface area contributed by atoms with E-state index in [-0.39, 0.29) is 12.2 Å². The van der Waals surface area contributed by atoms with Crippen molar-refractivity contribution in [2.45, 2.75) is 45.6 Å². The van der Waals surface area contributed by atoms with Gasteiger partial charge in [0.2, 0.25) is 0 Å². The Bertz CT molecular complexity index is 398. The summed E-state index contributed by atoms with van der Waals surface area (Å²) < 4.78 is 32.3. The number of rotatable bonds is 9. The van der Waals surface area contributed by atoms with Crippen LogP contribution in [0.2, 0.25) is 0 Å². The molecule has 0 aliphatic carbocycles. The van der Waals surface area contributed by atoms with E-state index < -0.39 is 17.7 Å². The Kier molecular flexibility index (Phi) is 7.70. The first-order valence-corrected chi connectivity index (χ1v) is 7.37. The monoisotopic (exact) mass is 285 g/mol. The molecule has 1 aromatic rings. The summed E-state index contributed by atoms with van der Waals surface area (Å²) in [6.45, 7) is 5.14. The van der Waals surface area contributed by atoms with Gasteiger partial charge in [0, 0.05) is 12.2 Å². The number of nitrogens with two attached hydrogens (primary N) is 1. The van der Waals surface area contributed by atoms with E-state index in [1.54, 1.807) is 0 Å². The van der Waals surface area contributed by atoms with Gasteiger partial charge in [-0.05, 0) is 18.4 Å². The summed E-state index contributed by atoms with van der Waals surface area (Å²) in [5.74, 6) is -1.23.